The molecule has 1 aliphatic heterocycles. The number of benzene rings is 1. The smallest absolute Gasteiger partial charge is 0.274 e. The fraction of sp³-hybridized carbons (Fsp3) is 0.500. The molecular weight excluding hydrogens is 314 g/mol. The average Bonchev–Trinajstić information content (AvgIpc) is 3.25. The summed E-state index contributed by atoms with van der Waals surface area (Å²) in [5.74, 6) is 0.211. The quantitative estimate of drug-likeness (QED) is 0.935. The number of likely N-dealkylation sites (tertiary alicyclic amines) is 1. The van der Waals surface area contributed by atoms with E-state index in [0.29, 0.717) is 12.2 Å². The van der Waals surface area contributed by atoms with Gasteiger partial charge in [-0.1, -0.05) is 18.2 Å². The van der Waals surface area contributed by atoms with Crippen LogP contribution < -0.4 is 0 Å². The van der Waals surface area contributed by atoms with Crippen molar-refractivity contribution in [2.24, 2.45) is 5.92 Å². The minimum absolute atomic E-state index is 0.0264. The summed E-state index contributed by atoms with van der Waals surface area (Å²) < 4.78 is 1.95. The zero-order valence-electron chi connectivity index (χ0n) is 14.7. The Kier molecular flexibility index (Phi) is 4.34. The van der Waals surface area contributed by atoms with Gasteiger partial charge in [-0.2, -0.15) is 5.10 Å². The molecule has 2 atom stereocenters. The lowest BCUT2D eigenvalue weighted by Gasteiger charge is -2.37. The minimum atomic E-state index is 0.0264. The normalized spacial score (nSPS) is 22.9. The number of carbonyl (C=O) groups is 1. The van der Waals surface area contributed by atoms with Crippen molar-refractivity contribution in [3.8, 4) is 5.69 Å². The van der Waals surface area contributed by atoms with Crippen LogP contribution in [0.25, 0.3) is 5.69 Å². The number of amides is 1. The average molecular weight is 339 g/mol. The molecule has 1 N–H and O–H groups in total. The van der Waals surface area contributed by atoms with Crippen LogP contribution in [0.15, 0.2) is 30.3 Å². The van der Waals surface area contributed by atoms with Crippen molar-refractivity contribution in [3.05, 3.63) is 47.3 Å². The summed E-state index contributed by atoms with van der Waals surface area (Å²) in [5, 5.41) is 14.2. The van der Waals surface area contributed by atoms with Gasteiger partial charge in [0, 0.05) is 30.5 Å². The summed E-state index contributed by atoms with van der Waals surface area (Å²) >= 11 is 0. The van der Waals surface area contributed by atoms with E-state index in [1.165, 1.54) is 5.69 Å². The maximum atomic E-state index is 13.2. The zero-order valence-corrected chi connectivity index (χ0v) is 14.7. The molecular formula is C20H25N3O2. The second-order valence-electron chi connectivity index (χ2n) is 7.31. The first-order valence-electron chi connectivity index (χ1n) is 9.27. The van der Waals surface area contributed by atoms with Crippen molar-refractivity contribution in [2.75, 3.05) is 13.2 Å². The van der Waals surface area contributed by atoms with E-state index < -0.39 is 0 Å². The van der Waals surface area contributed by atoms with E-state index in [2.05, 4.69) is 6.92 Å². The number of para-hydroxylation sites is 1. The highest BCUT2D eigenvalue weighted by atomic mass is 16.3. The second-order valence-corrected chi connectivity index (χ2v) is 7.31. The van der Waals surface area contributed by atoms with Gasteiger partial charge in [0.05, 0.1) is 5.69 Å². The van der Waals surface area contributed by atoms with Gasteiger partial charge < -0.3 is 10.0 Å². The molecule has 1 amide bonds. The predicted octanol–water partition coefficient (Wildman–Crippen LogP) is 2.59. The van der Waals surface area contributed by atoms with E-state index >= 15 is 0 Å². The van der Waals surface area contributed by atoms with Crippen LogP contribution in [-0.2, 0) is 12.8 Å². The molecule has 1 aromatic heterocycles. The Balaban J connectivity index is 1.70. The minimum Gasteiger partial charge on any atom is -0.396 e. The maximum Gasteiger partial charge on any atom is 0.274 e. The molecule has 25 heavy (non-hydrogen) atoms. The summed E-state index contributed by atoms with van der Waals surface area (Å²) in [5.41, 5.74) is 3.92. The SMILES string of the molecule is CC1CCC(CO)CN1C(=O)c1nn(-c2ccccc2)c2c1CCC2. The molecule has 2 aromatic rings. The number of hydrogen-bond acceptors (Lipinski definition) is 3. The highest BCUT2D eigenvalue weighted by molar-refractivity contribution is 5.94. The van der Waals surface area contributed by atoms with Gasteiger partial charge in [0.1, 0.15) is 0 Å². The standard InChI is InChI=1S/C20H25N3O2/c1-14-10-11-15(13-24)12-22(14)20(25)19-17-8-5-9-18(17)23(21-19)16-6-3-2-4-7-16/h2-4,6-7,14-15,24H,5,8-13H2,1H3. The van der Waals surface area contributed by atoms with Gasteiger partial charge in [-0.05, 0) is 57.1 Å². The number of nitrogens with zero attached hydrogens (tertiary/aromatic N) is 3. The third kappa shape index (κ3) is 2.86. The highest BCUT2D eigenvalue weighted by Gasteiger charge is 2.34. The van der Waals surface area contributed by atoms with Crippen LogP contribution in [0.4, 0.5) is 0 Å². The van der Waals surface area contributed by atoms with E-state index in [0.717, 1.165) is 43.4 Å². The van der Waals surface area contributed by atoms with Gasteiger partial charge in [0.25, 0.3) is 5.91 Å². The Bertz CT molecular complexity index is 769. The molecule has 2 aliphatic rings. The molecule has 0 saturated carbocycles. The van der Waals surface area contributed by atoms with Crippen molar-refractivity contribution < 1.29 is 9.90 Å². The van der Waals surface area contributed by atoms with Crippen LogP contribution in [0.5, 0.6) is 0 Å². The van der Waals surface area contributed by atoms with Gasteiger partial charge in [-0.3, -0.25) is 4.79 Å². The van der Waals surface area contributed by atoms with Crippen molar-refractivity contribution in [3.63, 3.8) is 0 Å². The van der Waals surface area contributed by atoms with Gasteiger partial charge in [-0.15, -0.1) is 0 Å². The summed E-state index contributed by atoms with van der Waals surface area (Å²) in [4.78, 5) is 15.2. The summed E-state index contributed by atoms with van der Waals surface area (Å²) in [7, 11) is 0. The van der Waals surface area contributed by atoms with Crippen LogP contribution in [0.3, 0.4) is 0 Å². The molecule has 2 heterocycles. The van der Waals surface area contributed by atoms with E-state index in [1.807, 2.05) is 39.9 Å². The highest BCUT2D eigenvalue weighted by Crippen LogP contribution is 2.30. The topological polar surface area (TPSA) is 58.4 Å². The molecule has 0 bridgehead atoms. The van der Waals surface area contributed by atoms with E-state index in [4.69, 9.17) is 5.10 Å². The summed E-state index contributed by atoms with van der Waals surface area (Å²) in [6.45, 7) is 2.87. The van der Waals surface area contributed by atoms with E-state index in [-0.39, 0.29) is 24.5 Å². The molecule has 132 valence electrons. The van der Waals surface area contributed by atoms with E-state index in [1.54, 1.807) is 0 Å². The van der Waals surface area contributed by atoms with Crippen LogP contribution in [-0.4, -0.2) is 44.9 Å². The fourth-order valence-electron chi connectivity index (χ4n) is 4.14. The predicted molar refractivity (Wildman–Crippen MR) is 95.9 cm³/mol. The number of aliphatic hydroxyl groups is 1. The third-order valence-corrected chi connectivity index (χ3v) is 5.63. The Morgan fingerprint density at radius 2 is 2.04 bits per heavy atom. The number of piperidine rings is 1. The molecule has 5 nitrogen and oxygen atoms in total. The lowest BCUT2D eigenvalue weighted by atomic mass is 9.93. The number of fused-ring (bicyclic) bond motifs is 1. The summed E-state index contributed by atoms with van der Waals surface area (Å²) in [6, 6.07) is 10.3. The van der Waals surface area contributed by atoms with Crippen molar-refractivity contribution in [1.82, 2.24) is 14.7 Å². The van der Waals surface area contributed by atoms with Crippen LogP contribution in [0.2, 0.25) is 0 Å². The number of hydrogen-bond donors (Lipinski definition) is 1. The molecule has 0 spiro atoms. The number of aromatic nitrogens is 2. The van der Waals surface area contributed by atoms with Crippen molar-refractivity contribution in [1.29, 1.82) is 0 Å². The monoisotopic (exact) mass is 339 g/mol. The number of aliphatic hydroxyl groups excluding tert-OH is 1. The first kappa shape index (κ1) is 16.3. The van der Waals surface area contributed by atoms with Crippen LogP contribution in [0.1, 0.15) is 47.9 Å². The fourth-order valence-corrected chi connectivity index (χ4v) is 4.14. The lowest BCUT2D eigenvalue weighted by Crippen LogP contribution is -2.46. The Morgan fingerprint density at radius 1 is 1.24 bits per heavy atom. The Hall–Kier alpha value is -2.14. The maximum absolute atomic E-state index is 13.2. The first-order valence-corrected chi connectivity index (χ1v) is 9.27. The van der Waals surface area contributed by atoms with Crippen LogP contribution >= 0.6 is 0 Å². The van der Waals surface area contributed by atoms with Crippen molar-refractivity contribution in [2.45, 2.75) is 45.1 Å². The first-order chi connectivity index (χ1) is 12.2. The summed E-state index contributed by atoms with van der Waals surface area (Å²) in [6.07, 6.45) is 4.90. The largest absolute Gasteiger partial charge is 0.396 e. The number of carbonyl (C=O) groups excluding carboxylic acids is 1. The molecule has 1 fully saturated rings. The zero-order chi connectivity index (χ0) is 17.4. The number of rotatable bonds is 3. The molecule has 5 heteroatoms. The molecule has 1 aromatic carbocycles. The molecule has 1 saturated heterocycles. The second kappa shape index (κ2) is 6.64. The van der Waals surface area contributed by atoms with Gasteiger partial charge >= 0.3 is 0 Å². The van der Waals surface area contributed by atoms with Gasteiger partial charge in [0.15, 0.2) is 5.69 Å². The molecule has 4 rings (SSSR count). The van der Waals surface area contributed by atoms with Crippen LogP contribution in [0, 0.1) is 5.92 Å². The molecule has 1 aliphatic carbocycles. The third-order valence-electron chi connectivity index (χ3n) is 5.63. The Morgan fingerprint density at radius 3 is 2.80 bits per heavy atom. The van der Waals surface area contributed by atoms with Gasteiger partial charge in [0.2, 0.25) is 0 Å². The molecule has 2 unspecified atom stereocenters. The Labute approximate surface area is 148 Å². The van der Waals surface area contributed by atoms with Crippen molar-refractivity contribution >= 4 is 5.91 Å². The lowest BCUT2D eigenvalue weighted by molar-refractivity contribution is 0.0482. The van der Waals surface area contributed by atoms with E-state index in [9.17, 15) is 9.90 Å². The van der Waals surface area contributed by atoms with Gasteiger partial charge in [-0.25, -0.2) is 4.68 Å². The molecule has 0 radical (unpaired) electrons.